The monoisotopic (exact) mass is 494 g/mol. The van der Waals surface area contributed by atoms with Crippen LogP contribution in [0.3, 0.4) is 0 Å². The predicted octanol–water partition coefficient (Wildman–Crippen LogP) is 1.39. The molecular weight excluding hydrogens is 472 g/mol. The van der Waals surface area contributed by atoms with Gasteiger partial charge in [-0.1, -0.05) is 12.1 Å². The van der Waals surface area contributed by atoms with Gasteiger partial charge in [0.25, 0.3) is 0 Å². The highest BCUT2D eigenvalue weighted by atomic mass is 32.1. The summed E-state index contributed by atoms with van der Waals surface area (Å²) in [7, 11) is 0. The Morgan fingerprint density at radius 2 is 0.700 bits per heavy atom. The smallest absolute Gasteiger partial charge is 0.316 e. The lowest BCUT2D eigenvalue weighted by Crippen LogP contribution is -2.23. The third-order valence-electron chi connectivity index (χ3n) is 4.32. The lowest BCUT2D eigenvalue weighted by molar-refractivity contribution is -0.137. The molecule has 0 aromatic heterocycles. The third kappa shape index (κ3) is 7.97. The molecule has 8 nitrogen and oxygen atoms in total. The molecule has 1 rings (SSSR count). The van der Waals surface area contributed by atoms with Crippen LogP contribution in [0.4, 0.5) is 0 Å². The quantitative estimate of drug-likeness (QED) is 0.203. The van der Waals surface area contributed by atoms with Crippen LogP contribution in [0.25, 0.3) is 0 Å². The molecule has 0 aliphatic heterocycles. The molecule has 1 aromatic carbocycles. The normalized spacial score (nSPS) is 15.1. The largest absolute Gasteiger partial charge is 0.480 e. The summed E-state index contributed by atoms with van der Waals surface area (Å²) in [5, 5.41) is 32.4. The van der Waals surface area contributed by atoms with Crippen LogP contribution in [0.15, 0.2) is 12.1 Å². The van der Waals surface area contributed by atoms with Gasteiger partial charge in [0.05, 0.1) is 0 Å². The number of hydrogen-bond acceptors (Lipinski definition) is 8. The van der Waals surface area contributed by atoms with Gasteiger partial charge in [0, 0.05) is 0 Å². The standard InChI is InChI=1S/C18H22O8S4/c19-15(20)11(27)3-7-1-8(4-12(28)16(21)22)10(6-14(30)18(25)26)2-9(7)5-13(29)17(23)24/h1-2,11-14,27-30H,3-6H2,(H,19,20)(H,21,22)(H,23,24)(H,25,26). The number of aliphatic carboxylic acids is 4. The van der Waals surface area contributed by atoms with Crippen LogP contribution >= 0.6 is 50.5 Å². The average Bonchev–Trinajstić information content (AvgIpc) is 2.63. The van der Waals surface area contributed by atoms with E-state index in [2.05, 4.69) is 50.5 Å². The Balaban J connectivity index is 3.53. The van der Waals surface area contributed by atoms with Gasteiger partial charge in [-0.15, -0.1) is 0 Å². The summed E-state index contributed by atoms with van der Waals surface area (Å²) >= 11 is 16.1. The van der Waals surface area contributed by atoms with Crippen molar-refractivity contribution in [1.29, 1.82) is 0 Å². The number of hydrogen-bond donors (Lipinski definition) is 8. The molecule has 1 aromatic rings. The summed E-state index contributed by atoms with van der Waals surface area (Å²) in [4.78, 5) is 44.9. The second kappa shape index (κ2) is 11.8. The van der Waals surface area contributed by atoms with Crippen molar-refractivity contribution in [2.75, 3.05) is 0 Å². The number of thiol groups is 4. The second-order valence-electron chi connectivity index (χ2n) is 6.62. The SMILES string of the molecule is O=C(O)C(S)Cc1cc(CC(S)C(=O)O)c(CC(S)C(=O)O)cc1CC(S)C(=O)O. The highest BCUT2D eigenvalue weighted by Gasteiger charge is 2.24. The van der Waals surface area contributed by atoms with Crippen LogP contribution in [0, 0.1) is 0 Å². The number of carbonyl (C=O) groups is 4. The van der Waals surface area contributed by atoms with Crippen molar-refractivity contribution in [2.24, 2.45) is 0 Å². The molecule has 0 aliphatic rings. The van der Waals surface area contributed by atoms with Crippen molar-refractivity contribution >= 4 is 74.4 Å². The number of carboxylic acids is 4. The van der Waals surface area contributed by atoms with E-state index in [1.165, 1.54) is 0 Å². The van der Waals surface area contributed by atoms with Crippen molar-refractivity contribution in [2.45, 2.75) is 46.7 Å². The third-order valence-corrected chi connectivity index (χ3v) is 5.93. The molecule has 4 unspecified atom stereocenters. The molecular formula is C18H22O8S4. The first-order valence-electron chi connectivity index (χ1n) is 8.60. The Morgan fingerprint density at radius 3 is 0.833 bits per heavy atom. The predicted molar refractivity (Wildman–Crippen MR) is 123 cm³/mol. The maximum atomic E-state index is 11.2. The fourth-order valence-electron chi connectivity index (χ4n) is 2.73. The average molecular weight is 495 g/mol. The van der Waals surface area contributed by atoms with Gasteiger partial charge in [0.1, 0.15) is 21.0 Å². The van der Waals surface area contributed by atoms with Crippen molar-refractivity contribution in [1.82, 2.24) is 0 Å². The minimum absolute atomic E-state index is 0.0469. The van der Waals surface area contributed by atoms with Gasteiger partial charge < -0.3 is 20.4 Å². The summed E-state index contributed by atoms with van der Waals surface area (Å²) < 4.78 is 0. The fourth-order valence-corrected chi connectivity index (χ4v) is 3.52. The molecule has 0 amide bonds. The molecule has 4 N–H and O–H groups in total. The second-order valence-corrected chi connectivity index (χ2v) is 9.12. The van der Waals surface area contributed by atoms with E-state index in [1.807, 2.05) is 0 Å². The molecule has 0 radical (unpaired) electrons. The Morgan fingerprint density at radius 1 is 0.533 bits per heavy atom. The van der Waals surface area contributed by atoms with Crippen molar-refractivity contribution in [3.05, 3.63) is 34.4 Å². The van der Waals surface area contributed by atoms with Gasteiger partial charge in [-0.3, -0.25) is 19.2 Å². The Hall–Kier alpha value is -1.50. The summed E-state index contributed by atoms with van der Waals surface area (Å²) in [6.45, 7) is 0. The number of benzene rings is 1. The minimum Gasteiger partial charge on any atom is -0.480 e. The van der Waals surface area contributed by atoms with E-state index >= 15 is 0 Å². The van der Waals surface area contributed by atoms with E-state index in [9.17, 15) is 39.6 Å². The highest BCUT2D eigenvalue weighted by Crippen LogP contribution is 2.26. The van der Waals surface area contributed by atoms with Gasteiger partial charge in [0.2, 0.25) is 0 Å². The fraction of sp³-hybridized carbons (Fsp3) is 0.444. The number of rotatable bonds is 12. The van der Waals surface area contributed by atoms with E-state index in [4.69, 9.17) is 0 Å². The molecule has 4 atom stereocenters. The van der Waals surface area contributed by atoms with E-state index in [1.54, 1.807) is 12.1 Å². The molecule has 0 spiro atoms. The van der Waals surface area contributed by atoms with E-state index in [-0.39, 0.29) is 25.7 Å². The number of carboxylic acid groups (broad SMARTS) is 4. The molecule has 12 heteroatoms. The van der Waals surface area contributed by atoms with Gasteiger partial charge in [0.15, 0.2) is 0 Å². The van der Waals surface area contributed by atoms with Crippen LogP contribution in [-0.4, -0.2) is 65.3 Å². The first kappa shape index (κ1) is 26.5. The van der Waals surface area contributed by atoms with Gasteiger partial charge >= 0.3 is 23.9 Å². The lowest BCUT2D eigenvalue weighted by atomic mass is 9.89. The summed E-state index contributed by atoms with van der Waals surface area (Å²) in [5.74, 6) is -4.69. The first-order chi connectivity index (χ1) is 13.8. The maximum Gasteiger partial charge on any atom is 0.316 e. The summed E-state index contributed by atoms with van der Waals surface area (Å²) in [6, 6.07) is 3.13. The Kier molecular flexibility index (Phi) is 10.4. The maximum absolute atomic E-state index is 11.2. The van der Waals surface area contributed by atoms with Crippen molar-refractivity contribution < 1.29 is 39.6 Å². The minimum atomic E-state index is -1.17. The van der Waals surface area contributed by atoms with Gasteiger partial charge in [-0.25, -0.2) is 0 Å². The molecule has 0 saturated carbocycles. The molecule has 0 bridgehead atoms. The zero-order valence-corrected chi connectivity index (χ0v) is 19.1. The van der Waals surface area contributed by atoms with Crippen molar-refractivity contribution in [3.8, 4) is 0 Å². The van der Waals surface area contributed by atoms with E-state index in [0.29, 0.717) is 22.3 Å². The molecule has 166 valence electrons. The Labute approximate surface area is 194 Å². The molecule has 0 saturated heterocycles. The van der Waals surface area contributed by atoms with Crippen LogP contribution in [0.1, 0.15) is 22.3 Å². The van der Waals surface area contributed by atoms with Crippen LogP contribution in [0.5, 0.6) is 0 Å². The molecule has 0 aliphatic carbocycles. The van der Waals surface area contributed by atoms with Crippen LogP contribution in [0.2, 0.25) is 0 Å². The van der Waals surface area contributed by atoms with Crippen LogP contribution < -0.4 is 0 Å². The Bertz CT molecular complexity index is 698. The van der Waals surface area contributed by atoms with E-state index in [0.717, 1.165) is 0 Å². The zero-order chi connectivity index (χ0) is 23.2. The van der Waals surface area contributed by atoms with Gasteiger partial charge in [-0.2, -0.15) is 50.5 Å². The lowest BCUT2D eigenvalue weighted by Gasteiger charge is -2.20. The molecule has 0 fully saturated rings. The zero-order valence-electron chi connectivity index (χ0n) is 15.5. The molecule has 0 heterocycles. The van der Waals surface area contributed by atoms with Crippen molar-refractivity contribution in [3.63, 3.8) is 0 Å². The van der Waals surface area contributed by atoms with Gasteiger partial charge in [-0.05, 0) is 47.9 Å². The first-order valence-corrected chi connectivity index (χ1v) is 10.7. The molecule has 30 heavy (non-hydrogen) atoms. The highest BCUT2D eigenvalue weighted by molar-refractivity contribution is 7.82. The topological polar surface area (TPSA) is 149 Å². The summed E-state index contributed by atoms with van der Waals surface area (Å²) in [6.07, 6.45) is -0.188. The summed E-state index contributed by atoms with van der Waals surface area (Å²) in [5.41, 5.74) is 1.86. The van der Waals surface area contributed by atoms with Crippen LogP contribution in [-0.2, 0) is 44.9 Å². The van der Waals surface area contributed by atoms with E-state index < -0.39 is 44.9 Å².